The lowest BCUT2D eigenvalue weighted by Crippen LogP contribution is -2.54. The van der Waals surface area contributed by atoms with E-state index < -0.39 is 17.2 Å². The summed E-state index contributed by atoms with van der Waals surface area (Å²) in [4.78, 5) is 22.3. The van der Waals surface area contributed by atoms with Crippen LogP contribution in [0.3, 0.4) is 0 Å². The smallest absolute Gasteiger partial charge is 0.335 e. The lowest BCUT2D eigenvalue weighted by Gasteiger charge is -2.58. The highest BCUT2D eigenvalue weighted by Gasteiger charge is 2.56. The molecule has 4 saturated carbocycles. The molecule has 7 nitrogen and oxygen atoms in total. The van der Waals surface area contributed by atoms with Crippen LogP contribution in [0.4, 0.5) is 5.69 Å². The summed E-state index contributed by atoms with van der Waals surface area (Å²) in [6, 6.07) is 3.68. The molecule has 5 rings (SSSR count). The zero-order valence-electron chi connectivity index (χ0n) is 16.3. The Hall–Kier alpha value is -2.15. The number of nitro groups is 1. The van der Waals surface area contributed by atoms with E-state index in [0.717, 1.165) is 19.3 Å². The lowest BCUT2D eigenvalue weighted by molar-refractivity contribution is -0.386. The van der Waals surface area contributed by atoms with Gasteiger partial charge >= 0.3 is 11.7 Å². The lowest BCUT2D eigenvalue weighted by atomic mass is 9.49. The van der Waals surface area contributed by atoms with Crippen molar-refractivity contribution in [1.82, 2.24) is 0 Å². The molecule has 152 valence electrons. The number of ether oxygens (including phenoxy) is 2. The van der Waals surface area contributed by atoms with Gasteiger partial charge in [0.25, 0.3) is 0 Å². The molecule has 4 fully saturated rings. The predicted molar refractivity (Wildman–Crippen MR) is 101 cm³/mol. The normalized spacial score (nSPS) is 31.8. The van der Waals surface area contributed by atoms with Crippen molar-refractivity contribution in [2.24, 2.45) is 23.2 Å². The molecule has 0 aromatic heterocycles. The van der Waals surface area contributed by atoms with Crippen molar-refractivity contribution >= 4 is 11.7 Å². The topological polar surface area (TPSA) is 98.9 Å². The number of nitrogens with zero attached hydrogens (tertiary/aromatic N) is 1. The highest BCUT2D eigenvalue weighted by Crippen LogP contribution is 2.62. The Balaban J connectivity index is 1.69. The second kappa shape index (κ2) is 7.03. The van der Waals surface area contributed by atoms with Gasteiger partial charge in [-0.3, -0.25) is 10.1 Å². The molecule has 0 amide bonds. The summed E-state index contributed by atoms with van der Waals surface area (Å²) in [5.41, 5.74) is -0.409. The van der Waals surface area contributed by atoms with Crippen LogP contribution in [0.5, 0.6) is 5.75 Å². The van der Waals surface area contributed by atoms with Crippen LogP contribution in [0.25, 0.3) is 0 Å². The standard InChI is InChI=1S/C21H27NO6/c1-12(2)27-20(21-9-13-5-14(10-21)7-15(6-13)11-21)28-18-8-16(19(23)24)3-4-17(18)22(25)26/h3-4,8,12-15,20H,5-7,9-11H2,1-2H3,(H,23,24). The van der Waals surface area contributed by atoms with Crippen LogP contribution in [-0.4, -0.2) is 28.4 Å². The zero-order valence-corrected chi connectivity index (χ0v) is 16.3. The highest BCUT2D eigenvalue weighted by molar-refractivity contribution is 5.88. The zero-order chi connectivity index (χ0) is 20.1. The molecule has 0 saturated heterocycles. The summed E-state index contributed by atoms with van der Waals surface area (Å²) in [7, 11) is 0. The van der Waals surface area contributed by atoms with Gasteiger partial charge in [-0.2, -0.15) is 0 Å². The van der Waals surface area contributed by atoms with Gasteiger partial charge in [0.15, 0.2) is 0 Å². The van der Waals surface area contributed by atoms with Gasteiger partial charge in [0.1, 0.15) is 0 Å². The third-order valence-corrected chi connectivity index (χ3v) is 6.62. The molecule has 0 heterocycles. The number of hydrogen-bond donors (Lipinski definition) is 1. The van der Waals surface area contributed by atoms with Crippen LogP contribution < -0.4 is 4.74 Å². The van der Waals surface area contributed by atoms with Crippen LogP contribution in [0, 0.1) is 33.3 Å². The second-order valence-corrected chi connectivity index (χ2v) is 9.16. The molecule has 1 aromatic rings. The molecule has 1 N–H and O–H groups in total. The van der Waals surface area contributed by atoms with Crippen LogP contribution in [0.1, 0.15) is 62.7 Å². The summed E-state index contributed by atoms with van der Waals surface area (Å²) < 4.78 is 12.3. The number of benzene rings is 1. The molecule has 0 aliphatic heterocycles. The maximum absolute atomic E-state index is 11.5. The third-order valence-electron chi connectivity index (χ3n) is 6.62. The van der Waals surface area contributed by atoms with E-state index in [2.05, 4.69) is 0 Å². The first-order chi connectivity index (χ1) is 13.3. The number of carboxylic acids is 1. The Labute approximate surface area is 164 Å². The highest BCUT2D eigenvalue weighted by atomic mass is 16.7. The summed E-state index contributed by atoms with van der Waals surface area (Å²) in [6.07, 6.45) is 6.14. The molecular formula is C21H27NO6. The van der Waals surface area contributed by atoms with Gasteiger partial charge in [0.2, 0.25) is 12.0 Å². The first kappa shape index (κ1) is 19.2. The molecule has 7 heteroatoms. The van der Waals surface area contributed by atoms with Crippen molar-refractivity contribution in [2.75, 3.05) is 0 Å². The molecular weight excluding hydrogens is 362 g/mol. The number of nitro benzene ring substituents is 1. The number of carbonyl (C=O) groups is 1. The Kier molecular flexibility index (Phi) is 4.81. The Morgan fingerprint density at radius 3 is 2.21 bits per heavy atom. The average Bonchev–Trinajstić information content (AvgIpc) is 2.59. The van der Waals surface area contributed by atoms with Crippen molar-refractivity contribution < 1.29 is 24.3 Å². The quantitative estimate of drug-likeness (QED) is 0.414. The molecule has 28 heavy (non-hydrogen) atoms. The maximum Gasteiger partial charge on any atom is 0.335 e. The Morgan fingerprint density at radius 2 is 1.75 bits per heavy atom. The van der Waals surface area contributed by atoms with Crippen LogP contribution in [0.15, 0.2) is 18.2 Å². The fourth-order valence-corrected chi connectivity index (χ4v) is 6.02. The van der Waals surface area contributed by atoms with Gasteiger partial charge in [0, 0.05) is 17.5 Å². The van der Waals surface area contributed by atoms with E-state index in [-0.39, 0.29) is 28.5 Å². The van der Waals surface area contributed by atoms with Gasteiger partial charge in [0.05, 0.1) is 16.6 Å². The average molecular weight is 389 g/mol. The van der Waals surface area contributed by atoms with E-state index >= 15 is 0 Å². The first-order valence-electron chi connectivity index (χ1n) is 10.1. The predicted octanol–water partition coefficient (Wildman–Crippen LogP) is 4.64. The largest absolute Gasteiger partial charge is 0.478 e. The fourth-order valence-electron chi connectivity index (χ4n) is 6.02. The minimum atomic E-state index is -1.14. The van der Waals surface area contributed by atoms with Crippen LogP contribution in [-0.2, 0) is 4.74 Å². The molecule has 4 bridgehead atoms. The molecule has 4 aliphatic carbocycles. The number of carboxylic acid groups (broad SMARTS) is 1. The van der Waals surface area contributed by atoms with Crippen molar-refractivity contribution in [1.29, 1.82) is 0 Å². The van der Waals surface area contributed by atoms with E-state index in [1.807, 2.05) is 13.8 Å². The molecule has 1 aromatic carbocycles. The summed E-state index contributed by atoms with van der Waals surface area (Å²) >= 11 is 0. The van der Waals surface area contributed by atoms with Crippen molar-refractivity contribution in [2.45, 2.75) is 64.8 Å². The van der Waals surface area contributed by atoms with Gasteiger partial charge in [-0.1, -0.05) is 0 Å². The van der Waals surface area contributed by atoms with Gasteiger partial charge < -0.3 is 14.6 Å². The van der Waals surface area contributed by atoms with E-state index in [1.165, 1.54) is 37.5 Å². The SMILES string of the molecule is CC(C)OC(Oc1cc(C(=O)O)ccc1[N+](=O)[O-])C12CC3CC(CC(C3)C1)C2. The monoisotopic (exact) mass is 389 g/mol. The number of aromatic carboxylic acids is 1. The molecule has 0 spiro atoms. The Bertz CT molecular complexity index is 754. The van der Waals surface area contributed by atoms with Crippen molar-refractivity contribution in [3.05, 3.63) is 33.9 Å². The first-order valence-corrected chi connectivity index (χ1v) is 10.1. The number of hydrogen-bond acceptors (Lipinski definition) is 5. The maximum atomic E-state index is 11.5. The third kappa shape index (κ3) is 3.48. The molecule has 0 radical (unpaired) electrons. The molecule has 1 unspecified atom stereocenters. The summed E-state index contributed by atoms with van der Waals surface area (Å²) in [5, 5.41) is 20.8. The fraction of sp³-hybridized carbons (Fsp3) is 0.667. The van der Waals surface area contributed by atoms with E-state index in [1.54, 1.807) is 0 Å². The summed E-state index contributed by atoms with van der Waals surface area (Å²) in [6.45, 7) is 3.86. The second-order valence-electron chi connectivity index (χ2n) is 9.16. The van der Waals surface area contributed by atoms with Crippen LogP contribution in [0.2, 0.25) is 0 Å². The van der Waals surface area contributed by atoms with Crippen LogP contribution >= 0.6 is 0 Å². The van der Waals surface area contributed by atoms with E-state index in [0.29, 0.717) is 17.8 Å². The van der Waals surface area contributed by atoms with Gasteiger partial charge in [-0.05, 0) is 76.2 Å². The van der Waals surface area contributed by atoms with Crippen molar-refractivity contribution in [3.63, 3.8) is 0 Å². The Morgan fingerprint density at radius 1 is 1.18 bits per heavy atom. The summed E-state index contributed by atoms with van der Waals surface area (Å²) in [5.74, 6) is 0.859. The van der Waals surface area contributed by atoms with Gasteiger partial charge in [-0.15, -0.1) is 0 Å². The number of rotatable bonds is 7. The minimum absolute atomic E-state index is 0.0219. The molecule has 1 atom stereocenters. The minimum Gasteiger partial charge on any atom is -0.478 e. The molecule has 4 aliphatic rings. The van der Waals surface area contributed by atoms with Crippen molar-refractivity contribution in [3.8, 4) is 5.75 Å². The van der Waals surface area contributed by atoms with Gasteiger partial charge in [-0.25, -0.2) is 4.79 Å². The van der Waals surface area contributed by atoms with E-state index in [9.17, 15) is 20.0 Å². The van der Waals surface area contributed by atoms with E-state index in [4.69, 9.17) is 9.47 Å².